The van der Waals surface area contributed by atoms with Crippen molar-refractivity contribution in [2.24, 2.45) is 5.92 Å². The molecule has 1 aliphatic rings. The molecule has 1 aromatic rings. The topological polar surface area (TPSA) is 44.4 Å². The predicted molar refractivity (Wildman–Crippen MR) is 102 cm³/mol. The first-order chi connectivity index (χ1) is 10.2. The number of para-hydroxylation sites is 1. The zero-order chi connectivity index (χ0) is 15.1. The van der Waals surface area contributed by atoms with E-state index in [2.05, 4.69) is 41.6 Å². The van der Waals surface area contributed by atoms with Gasteiger partial charge in [0.05, 0.1) is 0 Å². The number of nitrogens with one attached hydrogen (secondary N) is 2. The number of anilines is 1. The number of benzene rings is 1. The standard InChI is InChI=1S/C17H27N3O.2ClH/c1-14(20(2)16-6-4-3-5-7-16)12-19-17(21)9-8-15-10-11-18-13-15;;/h3-7,14-15,18H,8-13H2,1-2H3,(H,19,21);2*1H. The molecular formula is C17H29Cl2N3O. The summed E-state index contributed by atoms with van der Waals surface area (Å²) in [7, 11) is 2.07. The van der Waals surface area contributed by atoms with E-state index in [0.717, 1.165) is 19.5 Å². The van der Waals surface area contributed by atoms with E-state index in [1.807, 2.05) is 18.2 Å². The first kappa shape index (κ1) is 22.0. The Balaban J connectivity index is 0.00000242. The van der Waals surface area contributed by atoms with Crippen molar-refractivity contribution in [1.82, 2.24) is 10.6 Å². The zero-order valence-electron chi connectivity index (χ0n) is 14.0. The van der Waals surface area contributed by atoms with Crippen molar-refractivity contribution in [3.8, 4) is 0 Å². The molecule has 2 atom stereocenters. The van der Waals surface area contributed by atoms with Crippen LogP contribution in [0, 0.1) is 5.92 Å². The first-order valence-corrected chi connectivity index (χ1v) is 7.92. The minimum absolute atomic E-state index is 0. The number of rotatable bonds is 7. The molecule has 4 nitrogen and oxygen atoms in total. The van der Waals surface area contributed by atoms with Gasteiger partial charge in [-0.15, -0.1) is 24.8 Å². The third-order valence-electron chi connectivity index (χ3n) is 4.36. The Morgan fingerprint density at radius 3 is 2.65 bits per heavy atom. The van der Waals surface area contributed by atoms with Crippen LogP contribution < -0.4 is 15.5 Å². The van der Waals surface area contributed by atoms with E-state index in [-0.39, 0.29) is 36.8 Å². The van der Waals surface area contributed by atoms with Crippen LogP contribution in [0.5, 0.6) is 0 Å². The number of hydrogen-bond donors (Lipinski definition) is 2. The Morgan fingerprint density at radius 1 is 1.35 bits per heavy atom. The summed E-state index contributed by atoms with van der Waals surface area (Å²) in [6.45, 7) is 4.99. The van der Waals surface area contributed by atoms with E-state index in [9.17, 15) is 4.79 Å². The Labute approximate surface area is 152 Å². The molecule has 2 N–H and O–H groups in total. The highest BCUT2D eigenvalue weighted by atomic mass is 35.5. The van der Waals surface area contributed by atoms with E-state index in [0.29, 0.717) is 18.9 Å². The Bertz CT molecular complexity index is 439. The summed E-state index contributed by atoms with van der Waals surface area (Å²) in [5.74, 6) is 0.857. The highest BCUT2D eigenvalue weighted by molar-refractivity contribution is 5.85. The Kier molecular flexibility index (Phi) is 11.1. The molecular weight excluding hydrogens is 333 g/mol. The Hall–Kier alpha value is -0.970. The van der Waals surface area contributed by atoms with Gasteiger partial charge < -0.3 is 15.5 Å². The molecule has 1 saturated heterocycles. The first-order valence-electron chi connectivity index (χ1n) is 7.92. The molecule has 0 bridgehead atoms. The third kappa shape index (κ3) is 7.42. The van der Waals surface area contributed by atoms with Crippen LogP contribution in [-0.4, -0.2) is 38.6 Å². The summed E-state index contributed by atoms with van der Waals surface area (Å²) in [4.78, 5) is 14.1. The molecule has 0 saturated carbocycles. The van der Waals surface area contributed by atoms with Crippen LogP contribution in [-0.2, 0) is 4.79 Å². The van der Waals surface area contributed by atoms with E-state index < -0.39 is 0 Å². The maximum atomic E-state index is 11.9. The van der Waals surface area contributed by atoms with Crippen molar-refractivity contribution in [2.45, 2.75) is 32.2 Å². The van der Waals surface area contributed by atoms with Gasteiger partial charge in [0.2, 0.25) is 5.91 Å². The Morgan fingerprint density at radius 2 is 2.04 bits per heavy atom. The van der Waals surface area contributed by atoms with Gasteiger partial charge in [-0.3, -0.25) is 4.79 Å². The van der Waals surface area contributed by atoms with Crippen LogP contribution in [0.1, 0.15) is 26.2 Å². The van der Waals surface area contributed by atoms with Gasteiger partial charge in [-0.25, -0.2) is 0 Å². The monoisotopic (exact) mass is 361 g/mol. The third-order valence-corrected chi connectivity index (χ3v) is 4.36. The molecule has 2 rings (SSSR count). The van der Waals surface area contributed by atoms with Crippen molar-refractivity contribution in [1.29, 1.82) is 0 Å². The molecule has 1 fully saturated rings. The molecule has 1 amide bonds. The second-order valence-corrected chi connectivity index (χ2v) is 6.00. The lowest BCUT2D eigenvalue weighted by atomic mass is 10.0. The lowest BCUT2D eigenvalue weighted by Crippen LogP contribution is -2.40. The van der Waals surface area contributed by atoms with Gasteiger partial charge >= 0.3 is 0 Å². The number of nitrogens with zero attached hydrogens (tertiary/aromatic N) is 1. The van der Waals surface area contributed by atoms with Gasteiger partial charge in [0, 0.05) is 31.7 Å². The maximum absolute atomic E-state index is 11.9. The molecule has 1 aromatic carbocycles. The molecule has 0 aromatic heterocycles. The number of halogens is 2. The average Bonchev–Trinajstić information content (AvgIpc) is 3.04. The SMILES string of the molecule is CC(CNC(=O)CCC1CCNC1)N(C)c1ccccc1.Cl.Cl. The molecule has 1 heterocycles. The molecule has 0 aliphatic carbocycles. The molecule has 6 heteroatoms. The summed E-state index contributed by atoms with van der Waals surface area (Å²) in [5, 5.41) is 6.40. The van der Waals surface area contributed by atoms with Crippen molar-refractivity contribution in [3.63, 3.8) is 0 Å². The zero-order valence-corrected chi connectivity index (χ0v) is 15.6. The van der Waals surface area contributed by atoms with Crippen LogP contribution in [0.4, 0.5) is 5.69 Å². The van der Waals surface area contributed by atoms with Gasteiger partial charge in [0.15, 0.2) is 0 Å². The summed E-state index contributed by atoms with van der Waals surface area (Å²) < 4.78 is 0. The summed E-state index contributed by atoms with van der Waals surface area (Å²) in [6.07, 6.45) is 2.86. The fourth-order valence-electron chi connectivity index (χ4n) is 2.70. The molecule has 0 radical (unpaired) electrons. The average molecular weight is 362 g/mol. The largest absolute Gasteiger partial charge is 0.370 e. The lowest BCUT2D eigenvalue weighted by molar-refractivity contribution is -0.121. The molecule has 23 heavy (non-hydrogen) atoms. The van der Waals surface area contributed by atoms with Gasteiger partial charge in [0.25, 0.3) is 0 Å². The quantitative estimate of drug-likeness (QED) is 0.784. The van der Waals surface area contributed by atoms with Crippen molar-refractivity contribution in [2.75, 3.05) is 31.6 Å². The lowest BCUT2D eigenvalue weighted by Gasteiger charge is -2.27. The predicted octanol–water partition coefficient (Wildman–Crippen LogP) is 2.86. The number of carbonyl (C=O) groups excluding carboxylic acids is 1. The second-order valence-electron chi connectivity index (χ2n) is 6.00. The van der Waals surface area contributed by atoms with Crippen LogP contribution >= 0.6 is 24.8 Å². The number of carbonyl (C=O) groups is 1. The van der Waals surface area contributed by atoms with Crippen LogP contribution in [0.2, 0.25) is 0 Å². The molecule has 0 spiro atoms. The van der Waals surface area contributed by atoms with Crippen LogP contribution in [0.15, 0.2) is 30.3 Å². The second kappa shape index (κ2) is 11.5. The van der Waals surface area contributed by atoms with Crippen LogP contribution in [0.25, 0.3) is 0 Å². The van der Waals surface area contributed by atoms with E-state index in [1.54, 1.807) is 0 Å². The summed E-state index contributed by atoms with van der Waals surface area (Å²) in [6, 6.07) is 10.5. The van der Waals surface area contributed by atoms with Gasteiger partial charge in [-0.2, -0.15) is 0 Å². The normalized spacial score (nSPS) is 17.6. The fraction of sp³-hybridized carbons (Fsp3) is 0.588. The summed E-state index contributed by atoms with van der Waals surface area (Å²) in [5.41, 5.74) is 1.18. The van der Waals surface area contributed by atoms with E-state index in [4.69, 9.17) is 0 Å². The van der Waals surface area contributed by atoms with Crippen LogP contribution in [0.3, 0.4) is 0 Å². The van der Waals surface area contributed by atoms with Gasteiger partial charge in [0.1, 0.15) is 0 Å². The highest BCUT2D eigenvalue weighted by Gasteiger charge is 2.16. The van der Waals surface area contributed by atoms with Gasteiger partial charge in [-0.05, 0) is 50.9 Å². The minimum atomic E-state index is 0. The minimum Gasteiger partial charge on any atom is -0.370 e. The number of likely N-dealkylation sites (N-methyl/N-ethyl adjacent to an activating group) is 1. The van der Waals surface area contributed by atoms with Crippen molar-refractivity contribution in [3.05, 3.63) is 30.3 Å². The van der Waals surface area contributed by atoms with E-state index >= 15 is 0 Å². The number of hydrogen-bond acceptors (Lipinski definition) is 3. The smallest absolute Gasteiger partial charge is 0.220 e. The molecule has 2 unspecified atom stereocenters. The highest BCUT2D eigenvalue weighted by Crippen LogP contribution is 2.15. The van der Waals surface area contributed by atoms with E-state index in [1.165, 1.54) is 12.1 Å². The maximum Gasteiger partial charge on any atom is 0.220 e. The van der Waals surface area contributed by atoms with Crippen molar-refractivity contribution >= 4 is 36.4 Å². The molecule has 1 aliphatic heterocycles. The van der Waals surface area contributed by atoms with Gasteiger partial charge in [-0.1, -0.05) is 18.2 Å². The van der Waals surface area contributed by atoms with Crippen molar-refractivity contribution < 1.29 is 4.79 Å². The fourth-order valence-corrected chi connectivity index (χ4v) is 2.70. The number of amides is 1. The summed E-state index contributed by atoms with van der Waals surface area (Å²) >= 11 is 0. The molecule has 132 valence electrons.